The summed E-state index contributed by atoms with van der Waals surface area (Å²) in [4.78, 5) is 7.14. The van der Waals surface area contributed by atoms with E-state index in [1.807, 2.05) is 18.3 Å². The second-order valence-electron chi connectivity index (χ2n) is 8.12. The van der Waals surface area contributed by atoms with Crippen LogP contribution in [0.15, 0.2) is 36.5 Å². The van der Waals surface area contributed by atoms with Gasteiger partial charge in [-0.25, -0.2) is 0 Å². The Morgan fingerprint density at radius 1 is 1.11 bits per heavy atom. The highest BCUT2D eigenvalue weighted by Gasteiger charge is 2.17. The van der Waals surface area contributed by atoms with Crippen LogP contribution < -0.4 is 4.74 Å². The van der Waals surface area contributed by atoms with E-state index in [1.54, 1.807) is 7.11 Å². The molecule has 0 atom stereocenters. The zero-order valence-electron chi connectivity index (χ0n) is 17.7. The number of likely N-dealkylation sites (tertiary alicyclic amines) is 1. The summed E-state index contributed by atoms with van der Waals surface area (Å²) in [7, 11) is 1.71. The van der Waals surface area contributed by atoms with Crippen molar-refractivity contribution in [2.45, 2.75) is 58.3 Å². The molecule has 0 N–H and O–H groups in total. The minimum atomic E-state index is 0.829. The third kappa shape index (κ3) is 6.07. The fourth-order valence-electron chi connectivity index (χ4n) is 4.19. The summed E-state index contributed by atoms with van der Waals surface area (Å²) in [6, 6.07) is 8.18. The maximum absolute atomic E-state index is 5.38. The molecule has 2 aromatic rings. The van der Waals surface area contributed by atoms with Crippen LogP contribution in [0.4, 0.5) is 0 Å². The normalized spacial score (nSPS) is 16.2. The molecule has 3 rings (SSSR count). The molecule has 1 aromatic heterocycles. The van der Waals surface area contributed by atoms with E-state index in [9.17, 15) is 0 Å². The predicted molar refractivity (Wildman–Crippen MR) is 120 cm³/mol. The molecule has 3 heteroatoms. The number of fused-ring (bicyclic) bond motifs is 1. The van der Waals surface area contributed by atoms with Crippen molar-refractivity contribution in [3.05, 3.63) is 42.1 Å². The molecule has 1 saturated heterocycles. The number of pyridine rings is 1. The summed E-state index contributed by atoms with van der Waals surface area (Å²) >= 11 is 0. The molecule has 0 radical (unpaired) electrons. The van der Waals surface area contributed by atoms with Crippen LogP contribution in [0, 0.1) is 5.92 Å². The van der Waals surface area contributed by atoms with Crippen molar-refractivity contribution in [1.82, 2.24) is 9.88 Å². The average molecular weight is 381 g/mol. The standard InChI is InChI=1S/C25H36N2O/c1-3-4-5-6-7-17-27-18-14-21(15-19-27)9-8-10-22-13-16-26-25-12-11-23(28-2)20-24(22)25/h8,10-13,16,20-21H,3-7,9,14-15,17-19H2,1-2H3. The number of ether oxygens (including phenoxy) is 1. The van der Waals surface area contributed by atoms with Gasteiger partial charge in [0.1, 0.15) is 5.75 Å². The Bertz CT molecular complexity index is 747. The lowest BCUT2D eigenvalue weighted by atomic mass is 9.93. The first-order valence-electron chi connectivity index (χ1n) is 11.1. The minimum absolute atomic E-state index is 0.829. The van der Waals surface area contributed by atoms with Gasteiger partial charge in [0.2, 0.25) is 0 Å². The lowest BCUT2D eigenvalue weighted by molar-refractivity contribution is 0.182. The first-order valence-corrected chi connectivity index (χ1v) is 11.1. The van der Waals surface area contributed by atoms with Crippen LogP contribution in [0.1, 0.15) is 63.9 Å². The van der Waals surface area contributed by atoms with Crippen molar-refractivity contribution in [2.24, 2.45) is 5.92 Å². The Labute approximate surface area is 170 Å². The fourth-order valence-corrected chi connectivity index (χ4v) is 4.19. The zero-order chi connectivity index (χ0) is 19.6. The highest BCUT2D eigenvalue weighted by Crippen LogP contribution is 2.25. The third-order valence-electron chi connectivity index (χ3n) is 6.03. The van der Waals surface area contributed by atoms with E-state index in [1.165, 1.54) is 76.6 Å². The molecule has 0 spiro atoms. The highest BCUT2D eigenvalue weighted by molar-refractivity contribution is 5.88. The molecule has 1 aliphatic heterocycles. The lowest BCUT2D eigenvalue weighted by Crippen LogP contribution is -2.34. The summed E-state index contributed by atoms with van der Waals surface area (Å²) in [5, 5.41) is 1.16. The van der Waals surface area contributed by atoms with Gasteiger partial charge in [-0.05, 0) is 81.1 Å². The third-order valence-corrected chi connectivity index (χ3v) is 6.03. The molecule has 152 valence electrons. The summed E-state index contributed by atoms with van der Waals surface area (Å²) in [5.41, 5.74) is 2.25. The topological polar surface area (TPSA) is 25.4 Å². The molecule has 1 aliphatic rings. The summed E-state index contributed by atoms with van der Waals surface area (Å²) in [5.74, 6) is 1.72. The Kier molecular flexibility index (Phi) is 8.35. The molecule has 0 unspecified atom stereocenters. The first kappa shape index (κ1) is 20.9. The highest BCUT2D eigenvalue weighted by atomic mass is 16.5. The van der Waals surface area contributed by atoms with E-state index in [0.717, 1.165) is 22.6 Å². The van der Waals surface area contributed by atoms with Crippen LogP contribution in [-0.4, -0.2) is 36.6 Å². The maximum atomic E-state index is 5.38. The van der Waals surface area contributed by atoms with Gasteiger partial charge in [0.15, 0.2) is 0 Å². The second-order valence-corrected chi connectivity index (χ2v) is 8.12. The van der Waals surface area contributed by atoms with Crippen molar-refractivity contribution in [1.29, 1.82) is 0 Å². The maximum Gasteiger partial charge on any atom is 0.119 e. The largest absolute Gasteiger partial charge is 0.497 e. The Balaban J connectivity index is 1.45. The van der Waals surface area contributed by atoms with Crippen LogP contribution >= 0.6 is 0 Å². The molecular formula is C25H36N2O. The van der Waals surface area contributed by atoms with E-state index in [2.05, 4.69) is 41.1 Å². The van der Waals surface area contributed by atoms with Gasteiger partial charge >= 0.3 is 0 Å². The zero-order valence-corrected chi connectivity index (χ0v) is 17.7. The minimum Gasteiger partial charge on any atom is -0.497 e. The number of rotatable bonds is 10. The van der Waals surface area contributed by atoms with Crippen LogP contribution in [0.3, 0.4) is 0 Å². The summed E-state index contributed by atoms with van der Waals surface area (Å²) < 4.78 is 5.38. The van der Waals surface area contributed by atoms with Crippen molar-refractivity contribution < 1.29 is 4.74 Å². The molecule has 3 nitrogen and oxygen atoms in total. The van der Waals surface area contributed by atoms with Crippen molar-refractivity contribution in [3.63, 3.8) is 0 Å². The number of unbranched alkanes of at least 4 members (excludes halogenated alkanes) is 4. The average Bonchev–Trinajstić information content (AvgIpc) is 2.74. The van der Waals surface area contributed by atoms with Crippen molar-refractivity contribution in [2.75, 3.05) is 26.7 Å². The van der Waals surface area contributed by atoms with Crippen LogP contribution in [-0.2, 0) is 0 Å². The molecule has 28 heavy (non-hydrogen) atoms. The monoisotopic (exact) mass is 380 g/mol. The molecule has 0 amide bonds. The number of methoxy groups -OCH3 is 1. The fraction of sp³-hybridized carbons (Fsp3) is 0.560. The molecular weight excluding hydrogens is 344 g/mol. The van der Waals surface area contributed by atoms with E-state index in [0.29, 0.717) is 0 Å². The predicted octanol–water partition coefficient (Wildman–Crippen LogP) is 6.33. The van der Waals surface area contributed by atoms with Gasteiger partial charge in [0, 0.05) is 11.6 Å². The number of piperidine rings is 1. The SMILES string of the molecule is CCCCCCCN1CCC(CC=Cc2ccnc3ccc(OC)cc23)CC1. The Morgan fingerprint density at radius 3 is 2.71 bits per heavy atom. The Morgan fingerprint density at radius 2 is 1.93 bits per heavy atom. The van der Waals surface area contributed by atoms with Gasteiger partial charge in [-0.3, -0.25) is 4.98 Å². The van der Waals surface area contributed by atoms with Crippen LogP contribution in [0.5, 0.6) is 5.75 Å². The second kappa shape index (κ2) is 11.2. The van der Waals surface area contributed by atoms with Crippen LogP contribution in [0.25, 0.3) is 17.0 Å². The van der Waals surface area contributed by atoms with E-state index < -0.39 is 0 Å². The van der Waals surface area contributed by atoms with E-state index in [-0.39, 0.29) is 0 Å². The number of allylic oxidation sites excluding steroid dienone is 1. The summed E-state index contributed by atoms with van der Waals surface area (Å²) in [6.07, 6.45) is 17.3. The lowest BCUT2D eigenvalue weighted by Gasteiger charge is -2.31. The number of benzene rings is 1. The molecule has 2 heterocycles. The molecule has 0 saturated carbocycles. The van der Waals surface area contributed by atoms with E-state index >= 15 is 0 Å². The smallest absolute Gasteiger partial charge is 0.119 e. The van der Waals surface area contributed by atoms with Gasteiger partial charge in [0.25, 0.3) is 0 Å². The molecule has 1 aromatic carbocycles. The quantitative estimate of drug-likeness (QED) is 0.450. The number of hydrogen-bond acceptors (Lipinski definition) is 3. The number of nitrogens with zero attached hydrogens (tertiary/aromatic N) is 2. The van der Waals surface area contributed by atoms with Gasteiger partial charge in [-0.2, -0.15) is 0 Å². The van der Waals surface area contributed by atoms with Crippen molar-refractivity contribution in [3.8, 4) is 5.75 Å². The van der Waals surface area contributed by atoms with Gasteiger partial charge in [-0.1, -0.05) is 44.8 Å². The Hall–Kier alpha value is -1.87. The van der Waals surface area contributed by atoms with Crippen molar-refractivity contribution >= 4 is 17.0 Å². The first-order chi connectivity index (χ1) is 13.8. The van der Waals surface area contributed by atoms with Gasteiger partial charge in [-0.15, -0.1) is 0 Å². The molecule has 1 fully saturated rings. The number of hydrogen-bond donors (Lipinski definition) is 0. The van der Waals surface area contributed by atoms with Crippen LogP contribution in [0.2, 0.25) is 0 Å². The molecule has 0 bridgehead atoms. The molecule has 0 aliphatic carbocycles. The van der Waals surface area contributed by atoms with Gasteiger partial charge in [0.05, 0.1) is 12.6 Å². The summed E-state index contributed by atoms with van der Waals surface area (Å²) in [6.45, 7) is 6.15. The number of aromatic nitrogens is 1. The van der Waals surface area contributed by atoms with E-state index in [4.69, 9.17) is 4.74 Å². The van der Waals surface area contributed by atoms with Gasteiger partial charge < -0.3 is 9.64 Å².